The summed E-state index contributed by atoms with van der Waals surface area (Å²) in [6, 6.07) is 13.2. The van der Waals surface area contributed by atoms with Gasteiger partial charge in [0.25, 0.3) is 0 Å². The molecular weight excluding hydrogens is 332 g/mol. The third-order valence-corrected chi connectivity index (χ3v) is 4.08. The minimum absolute atomic E-state index is 0.0500. The molecule has 0 fully saturated rings. The van der Waals surface area contributed by atoms with Crippen LogP contribution in [0.1, 0.15) is 17.8 Å². The molecule has 0 unspecified atom stereocenters. The molecule has 2 heterocycles. The fraction of sp³-hybridized carbons (Fsp3) is 0.211. The Labute approximate surface area is 150 Å². The lowest BCUT2D eigenvalue weighted by Crippen LogP contribution is -2.12. The summed E-state index contributed by atoms with van der Waals surface area (Å²) in [5.41, 5.74) is 2.61. The SMILES string of the molecule is Cc1nc(-c2cccc(NC(=O)CCc3ccc4c(c3)OCO4)c2)n[nH]1. The van der Waals surface area contributed by atoms with Crippen LogP contribution in [0.2, 0.25) is 0 Å². The molecule has 0 saturated carbocycles. The molecule has 132 valence electrons. The van der Waals surface area contributed by atoms with Crippen molar-refractivity contribution in [3.8, 4) is 22.9 Å². The predicted molar refractivity (Wildman–Crippen MR) is 96.1 cm³/mol. The zero-order valence-corrected chi connectivity index (χ0v) is 14.3. The standard InChI is InChI=1S/C19H18N4O3/c1-12-20-19(23-22-12)14-3-2-4-15(10-14)21-18(24)8-6-13-5-7-16-17(9-13)26-11-25-16/h2-5,7,9-10H,6,8,11H2,1H3,(H,21,24)(H,20,22,23). The fourth-order valence-electron chi connectivity index (χ4n) is 2.79. The number of ether oxygens (including phenoxy) is 2. The number of nitrogens with one attached hydrogen (secondary N) is 2. The van der Waals surface area contributed by atoms with Gasteiger partial charge < -0.3 is 14.8 Å². The van der Waals surface area contributed by atoms with Crippen LogP contribution in [0.15, 0.2) is 42.5 Å². The Morgan fingerprint density at radius 2 is 2.08 bits per heavy atom. The third kappa shape index (κ3) is 3.51. The van der Waals surface area contributed by atoms with Gasteiger partial charge in [0.1, 0.15) is 5.82 Å². The van der Waals surface area contributed by atoms with E-state index < -0.39 is 0 Å². The molecule has 4 rings (SSSR count). The van der Waals surface area contributed by atoms with Gasteiger partial charge in [-0.3, -0.25) is 9.89 Å². The minimum Gasteiger partial charge on any atom is -0.454 e. The van der Waals surface area contributed by atoms with Gasteiger partial charge in [-0.05, 0) is 43.2 Å². The monoisotopic (exact) mass is 350 g/mol. The second-order valence-corrected chi connectivity index (χ2v) is 6.06. The van der Waals surface area contributed by atoms with E-state index in [9.17, 15) is 4.79 Å². The predicted octanol–water partition coefficient (Wildman–Crippen LogP) is 3.08. The quantitative estimate of drug-likeness (QED) is 0.738. The molecule has 1 amide bonds. The number of hydrogen-bond acceptors (Lipinski definition) is 5. The molecule has 0 bridgehead atoms. The topological polar surface area (TPSA) is 89.1 Å². The summed E-state index contributed by atoms with van der Waals surface area (Å²) in [5, 5.41) is 9.88. The molecule has 0 spiro atoms. The molecule has 0 radical (unpaired) electrons. The van der Waals surface area contributed by atoms with Crippen LogP contribution in [0.5, 0.6) is 11.5 Å². The van der Waals surface area contributed by atoms with Gasteiger partial charge in [0, 0.05) is 17.7 Å². The van der Waals surface area contributed by atoms with E-state index in [1.807, 2.05) is 49.4 Å². The molecular formula is C19H18N4O3. The lowest BCUT2D eigenvalue weighted by atomic mass is 10.1. The van der Waals surface area contributed by atoms with Crippen molar-refractivity contribution in [2.24, 2.45) is 0 Å². The van der Waals surface area contributed by atoms with Crippen LogP contribution in [-0.2, 0) is 11.2 Å². The molecule has 3 aromatic rings. The summed E-state index contributed by atoms with van der Waals surface area (Å²) in [4.78, 5) is 16.6. The number of aryl methyl sites for hydroxylation is 2. The van der Waals surface area contributed by atoms with Crippen LogP contribution in [0.4, 0.5) is 5.69 Å². The third-order valence-electron chi connectivity index (χ3n) is 4.08. The van der Waals surface area contributed by atoms with Gasteiger partial charge in [-0.1, -0.05) is 18.2 Å². The molecule has 2 N–H and O–H groups in total. The van der Waals surface area contributed by atoms with Gasteiger partial charge in [0.15, 0.2) is 17.3 Å². The number of carbonyl (C=O) groups excluding carboxylic acids is 1. The Morgan fingerprint density at radius 3 is 2.92 bits per heavy atom. The van der Waals surface area contributed by atoms with E-state index in [4.69, 9.17) is 9.47 Å². The van der Waals surface area contributed by atoms with E-state index in [0.29, 0.717) is 18.7 Å². The van der Waals surface area contributed by atoms with Gasteiger partial charge in [-0.25, -0.2) is 4.98 Å². The normalized spacial score (nSPS) is 12.2. The first kappa shape index (κ1) is 16.1. The molecule has 1 aliphatic rings. The van der Waals surface area contributed by atoms with Crippen molar-refractivity contribution in [2.45, 2.75) is 19.8 Å². The summed E-state index contributed by atoms with van der Waals surface area (Å²) in [6.07, 6.45) is 1.01. The maximum atomic E-state index is 12.3. The van der Waals surface area contributed by atoms with Gasteiger partial charge >= 0.3 is 0 Å². The number of carbonyl (C=O) groups is 1. The van der Waals surface area contributed by atoms with Crippen LogP contribution in [0, 0.1) is 6.92 Å². The Hall–Kier alpha value is -3.35. The summed E-state index contributed by atoms with van der Waals surface area (Å²) in [6.45, 7) is 2.10. The van der Waals surface area contributed by atoms with Crippen LogP contribution in [0.3, 0.4) is 0 Å². The first-order valence-corrected chi connectivity index (χ1v) is 8.35. The van der Waals surface area contributed by atoms with Gasteiger partial charge in [-0.2, -0.15) is 5.10 Å². The van der Waals surface area contributed by atoms with Crippen molar-refractivity contribution in [3.63, 3.8) is 0 Å². The summed E-state index contributed by atoms with van der Waals surface area (Å²) in [7, 11) is 0. The van der Waals surface area contributed by atoms with Crippen LogP contribution in [-0.4, -0.2) is 27.9 Å². The van der Waals surface area contributed by atoms with E-state index in [2.05, 4.69) is 20.5 Å². The van der Waals surface area contributed by atoms with E-state index >= 15 is 0 Å². The number of aromatic nitrogens is 3. The number of hydrogen-bond donors (Lipinski definition) is 2. The average molecular weight is 350 g/mol. The smallest absolute Gasteiger partial charge is 0.231 e. The van der Waals surface area contributed by atoms with Crippen molar-refractivity contribution in [2.75, 3.05) is 12.1 Å². The Morgan fingerprint density at radius 1 is 1.19 bits per heavy atom. The van der Waals surface area contributed by atoms with Crippen LogP contribution >= 0.6 is 0 Å². The van der Waals surface area contributed by atoms with Crippen molar-refractivity contribution in [1.29, 1.82) is 0 Å². The maximum absolute atomic E-state index is 12.3. The van der Waals surface area contributed by atoms with Crippen molar-refractivity contribution in [3.05, 3.63) is 53.9 Å². The zero-order valence-electron chi connectivity index (χ0n) is 14.3. The summed E-state index contributed by atoms with van der Waals surface area (Å²) in [5.74, 6) is 2.79. The van der Waals surface area contributed by atoms with Gasteiger partial charge in [0.05, 0.1) is 0 Å². The number of aromatic amines is 1. The highest BCUT2D eigenvalue weighted by Crippen LogP contribution is 2.32. The van der Waals surface area contributed by atoms with E-state index in [-0.39, 0.29) is 12.7 Å². The number of rotatable bonds is 5. The number of amides is 1. The Bertz CT molecular complexity index is 951. The van der Waals surface area contributed by atoms with Gasteiger partial charge in [-0.15, -0.1) is 0 Å². The molecule has 0 saturated heterocycles. The Balaban J connectivity index is 1.37. The molecule has 7 nitrogen and oxygen atoms in total. The summed E-state index contributed by atoms with van der Waals surface area (Å²) < 4.78 is 10.7. The average Bonchev–Trinajstić information content (AvgIpc) is 3.28. The Kier molecular flexibility index (Phi) is 4.27. The lowest BCUT2D eigenvalue weighted by molar-refractivity contribution is -0.116. The maximum Gasteiger partial charge on any atom is 0.231 e. The number of fused-ring (bicyclic) bond motifs is 1. The highest BCUT2D eigenvalue weighted by molar-refractivity contribution is 5.91. The van der Waals surface area contributed by atoms with E-state index in [0.717, 1.165) is 34.1 Å². The minimum atomic E-state index is -0.0500. The van der Waals surface area contributed by atoms with Crippen molar-refractivity contribution < 1.29 is 14.3 Å². The summed E-state index contributed by atoms with van der Waals surface area (Å²) >= 11 is 0. The second-order valence-electron chi connectivity index (χ2n) is 6.06. The van der Waals surface area contributed by atoms with E-state index in [1.54, 1.807) is 0 Å². The van der Waals surface area contributed by atoms with Crippen LogP contribution < -0.4 is 14.8 Å². The first-order valence-electron chi connectivity index (χ1n) is 8.35. The lowest BCUT2D eigenvalue weighted by Gasteiger charge is -2.07. The number of nitrogens with zero attached hydrogens (tertiary/aromatic N) is 2. The first-order chi connectivity index (χ1) is 12.7. The van der Waals surface area contributed by atoms with Crippen molar-refractivity contribution in [1.82, 2.24) is 15.2 Å². The number of benzene rings is 2. The molecule has 0 atom stereocenters. The van der Waals surface area contributed by atoms with Gasteiger partial charge in [0.2, 0.25) is 12.7 Å². The fourth-order valence-corrected chi connectivity index (χ4v) is 2.79. The molecule has 2 aromatic carbocycles. The number of anilines is 1. The zero-order chi connectivity index (χ0) is 17.9. The highest BCUT2D eigenvalue weighted by atomic mass is 16.7. The number of H-pyrrole nitrogens is 1. The molecule has 7 heteroatoms. The highest BCUT2D eigenvalue weighted by Gasteiger charge is 2.14. The molecule has 1 aliphatic heterocycles. The molecule has 26 heavy (non-hydrogen) atoms. The molecule has 1 aromatic heterocycles. The van der Waals surface area contributed by atoms with Crippen molar-refractivity contribution >= 4 is 11.6 Å². The largest absolute Gasteiger partial charge is 0.454 e. The van der Waals surface area contributed by atoms with Crippen LogP contribution in [0.25, 0.3) is 11.4 Å². The second kappa shape index (κ2) is 6.87. The van der Waals surface area contributed by atoms with E-state index in [1.165, 1.54) is 0 Å². The molecule has 0 aliphatic carbocycles.